The third kappa shape index (κ3) is 3.31. The number of rotatable bonds is 2. The van der Waals surface area contributed by atoms with Gasteiger partial charge in [-0.15, -0.1) is 0 Å². The van der Waals surface area contributed by atoms with Crippen molar-refractivity contribution in [3.8, 4) is 0 Å². The Morgan fingerprint density at radius 3 is 2.25 bits per heavy atom. The van der Waals surface area contributed by atoms with Gasteiger partial charge in [0.2, 0.25) is 5.91 Å². The molecule has 1 amide bonds. The highest BCUT2D eigenvalue weighted by Crippen LogP contribution is 2.31. The van der Waals surface area contributed by atoms with Crippen LogP contribution in [0.1, 0.15) is 57.1 Å². The Labute approximate surface area is 147 Å². The molecule has 2 saturated heterocycles. The summed E-state index contributed by atoms with van der Waals surface area (Å²) in [6.07, 6.45) is 5.57. The maximum atomic E-state index is 13.0. The van der Waals surface area contributed by atoms with E-state index in [4.69, 9.17) is 0 Å². The molecule has 0 radical (unpaired) electrons. The molecular formula is C21H32N2O. The fourth-order valence-corrected chi connectivity index (χ4v) is 4.51. The minimum absolute atomic E-state index is 0.217. The van der Waals surface area contributed by atoms with Gasteiger partial charge >= 0.3 is 0 Å². The summed E-state index contributed by atoms with van der Waals surface area (Å²) in [6, 6.07) is 7.37. The smallest absolute Gasteiger partial charge is 0.226 e. The van der Waals surface area contributed by atoms with Crippen LogP contribution in [0.3, 0.4) is 0 Å². The molecule has 3 rings (SSSR count). The van der Waals surface area contributed by atoms with E-state index in [0.717, 1.165) is 38.8 Å². The number of benzene rings is 1. The lowest BCUT2D eigenvalue weighted by molar-refractivity contribution is -0.142. The summed E-state index contributed by atoms with van der Waals surface area (Å²) >= 11 is 0. The molecule has 0 saturated carbocycles. The first-order valence-corrected chi connectivity index (χ1v) is 9.62. The first-order chi connectivity index (χ1) is 11.5. The highest BCUT2D eigenvalue weighted by molar-refractivity contribution is 5.80. The third-order valence-electron chi connectivity index (χ3n) is 6.21. The topological polar surface area (TPSA) is 23.6 Å². The predicted molar refractivity (Wildman–Crippen MR) is 100 cm³/mol. The molecule has 2 unspecified atom stereocenters. The van der Waals surface area contributed by atoms with Crippen LogP contribution < -0.4 is 4.90 Å². The van der Waals surface area contributed by atoms with Crippen molar-refractivity contribution >= 4 is 11.6 Å². The molecule has 2 fully saturated rings. The van der Waals surface area contributed by atoms with Gasteiger partial charge < -0.3 is 9.80 Å². The standard InChI is InChI=1S/C21H32N2O/c1-15-7-5-10-20(18(15)4)22-13-11-19(12-14-22)21(24)23-16(2)8-6-9-17(23)3/h5,7,10,16-17,19H,6,8-9,11-14H2,1-4H3. The first kappa shape index (κ1) is 17.3. The number of carbonyl (C=O) groups is 1. The Morgan fingerprint density at radius 1 is 1.00 bits per heavy atom. The number of piperidine rings is 2. The van der Waals surface area contributed by atoms with Crippen molar-refractivity contribution in [2.45, 2.75) is 71.9 Å². The molecule has 3 heteroatoms. The lowest BCUT2D eigenvalue weighted by Gasteiger charge is -2.43. The molecule has 2 aliphatic heterocycles. The fourth-order valence-electron chi connectivity index (χ4n) is 4.51. The monoisotopic (exact) mass is 328 g/mol. The summed E-state index contributed by atoms with van der Waals surface area (Å²) < 4.78 is 0. The van der Waals surface area contributed by atoms with Crippen LogP contribution in [0.5, 0.6) is 0 Å². The number of hydrogen-bond donors (Lipinski definition) is 0. The average Bonchev–Trinajstić information content (AvgIpc) is 2.57. The Hall–Kier alpha value is -1.51. The van der Waals surface area contributed by atoms with E-state index >= 15 is 0 Å². The molecule has 2 atom stereocenters. The van der Waals surface area contributed by atoms with E-state index in [1.165, 1.54) is 23.2 Å². The van der Waals surface area contributed by atoms with Crippen molar-refractivity contribution < 1.29 is 4.79 Å². The highest BCUT2D eigenvalue weighted by atomic mass is 16.2. The Balaban J connectivity index is 1.64. The molecule has 1 aromatic carbocycles. The molecule has 3 nitrogen and oxygen atoms in total. The van der Waals surface area contributed by atoms with E-state index in [2.05, 4.69) is 55.7 Å². The van der Waals surface area contributed by atoms with Crippen LogP contribution in [0.15, 0.2) is 18.2 Å². The third-order valence-corrected chi connectivity index (χ3v) is 6.21. The molecule has 132 valence electrons. The molecular weight excluding hydrogens is 296 g/mol. The summed E-state index contributed by atoms with van der Waals surface area (Å²) in [5.74, 6) is 0.629. The Bertz CT molecular complexity index is 580. The van der Waals surface area contributed by atoms with E-state index in [-0.39, 0.29) is 5.92 Å². The van der Waals surface area contributed by atoms with Gasteiger partial charge in [-0.2, -0.15) is 0 Å². The average molecular weight is 329 g/mol. The van der Waals surface area contributed by atoms with Crippen LogP contribution in [0.2, 0.25) is 0 Å². The van der Waals surface area contributed by atoms with Gasteiger partial charge in [0, 0.05) is 36.8 Å². The largest absolute Gasteiger partial charge is 0.371 e. The molecule has 0 N–H and O–H groups in total. The lowest BCUT2D eigenvalue weighted by Crippen LogP contribution is -2.51. The summed E-state index contributed by atoms with van der Waals surface area (Å²) in [7, 11) is 0. The van der Waals surface area contributed by atoms with Crippen molar-refractivity contribution in [1.29, 1.82) is 0 Å². The minimum atomic E-state index is 0.217. The highest BCUT2D eigenvalue weighted by Gasteiger charge is 2.35. The van der Waals surface area contributed by atoms with Crippen molar-refractivity contribution in [3.63, 3.8) is 0 Å². The van der Waals surface area contributed by atoms with Gasteiger partial charge in [0.25, 0.3) is 0 Å². The van der Waals surface area contributed by atoms with Gasteiger partial charge in [0.05, 0.1) is 0 Å². The van der Waals surface area contributed by atoms with Crippen LogP contribution in [-0.4, -0.2) is 36.0 Å². The molecule has 1 aromatic rings. The van der Waals surface area contributed by atoms with Gasteiger partial charge in [-0.25, -0.2) is 0 Å². The molecule has 0 spiro atoms. The number of likely N-dealkylation sites (tertiary alicyclic amines) is 1. The van der Waals surface area contributed by atoms with Crippen molar-refractivity contribution in [2.75, 3.05) is 18.0 Å². The zero-order chi connectivity index (χ0) is 17.3. The quantitative estimate of drug-likeness (QED) is 0.807. The van der Waals surface area contributed by atoms with E-state index in [9.17, 15) is 4.79 Å². The number of nitrogens with zero attached hydrogens (tertiary/aromatic N) is 2. The van der Waals surface area contributed by atoms with Crippen LogP contribution in [0.4, 0.5) is 5.69 Å². The second-order valence-electron chi connectivity index (χ2n) is 7.85. The van der Waals surface area contributed by atoms with Crippen molar-refractivity contribution in [3.05, 3.63) is 29.3 Å². The number of carbonyl (C=O) groups excluding carboxylic acids is 1. The SMILES string of the molecule is Cc1cccc(N2CCC(C(=O)N3C(C)CCCC3C)CC2)c1C. The second-order valence-corrected chi connectivity index (χ2v) is 7.85. The zero-order valence-electron chi connectivity index (χ0n) is 15.7. The van der Waals surface area contributed by atoms with Crippen LogP contribution in [0, 0.1) is 19.8 Å². The molecule has 2 aliphatic rings. The van der Waals surface area contributed by atoms with Gasteiger partial charge in [0.15, 0.2) is 0 Å². The lowest BCUT2D eigenvalue weighted by atomic mass is 9.90. The Morgan fingerprint density at radius 2 is 1.62 bits per heavy atom. The number of aryl methyl sites for hydroxylation is 1. The fraction of sp³-hybridized carbons (Fsp3) is 0.667. The zero-order valence-corrected chi connectivity index (χ0v) is 15.7. The number of hydrogen-bond acceptors (Lipinski definition) is 2. The summed E-state index contributed by atoms with van der Waals surface area (Å²) in [5.41, 5.74) is 4.07. The second kappa shape index (κ2) is 7.16. The maximum Gasteiger partial charge on any atom is 0.226 e. The minimum Gasteiger partial charge on any atom is -0.371 e. The van der Waals surface area contributed by atoms with E-state index in [0.29, 0.717) is 18.0 Å². The van der Waals surface area contributed by atoms with Gasteiger partial charge in [0.1, 0.15) is 0 Å². The summed E-state index contributed by atoms with van der Waals surface area (Å²) in [5, 5.41) is 0. The van der Waals surface area contributed by atoms with E-state index in [1.54, 1.807) is 0 Å². The summed E-state index contributed by atoms with van der Waals surface area (Å²) in [4.78, 5) is 17.7. The van der Waals surface area contributed by atoms with Gasteiger partial charge in [-0.05, 0) is 77.0 Å². The van der Waals surface area contributed by atoms with Gasteiger partial charge in [-0.3, -0.25) is 4.79 Å². The van der Waals surface area contributed by atoms with Gasteiger partial charge in [-0.1, -0.05) is 12.1 Å². The van der Waals surface area contributed by atoms with Crippen molar-refractivity contribution in [1.82, 2.24) is 4.90 Å². The normalized spacial score (nSPS) is 25.8. The molecule has 0 bridgehead atoms. The molecule has 2 heterocycles. The predicted octanol–water partition coefficient (Wildman–Crippen LogP) is 4.31. The van der Waals surface area contributed by atoms with Crippen molar-refractivity contribution in [2.24, 2.45) is 5.92 Å². The molecule has 24 heavy (non-hydrogen) atoms. The molecule has 0 aromatic heterocycles. The van der Waals surface area contributed by atoms with Crippen LogP contribution in [0.25, 0.3) is 0 Å². The summed E-state index contributed by atoms with van der Waals surface area (Å²) in [6.45, 7) is 10.8. The van der Waals surface area contributed by atoms with E-state index < -0.39 is 0 Å². The first-order valence-electron chi connectivity index (χ1n) is 9.62. The Kier molecular flexibility index (Phi) is 5.17. The van der Waals surface area contributed by atoms with Crippen LogP contribution >= 0.6 is 0 Å². The van der Waals surface area contributed by atoms with E-state index in [1.807, 2.05) is 0 Å². The van der Waals surface area contributed by atoms with Crippen LogP contribution in [-0.2, 0) is 4.79 Å². The maximum absolute atomic E-state index is 13.0. The number of anilines is 1. The number of amides is 1. The molecule has 0 aliphatic carbocycles.